The van der Waals surface area contributed by atoms with Crippen molar-refractivity contribution in [3.63, 3.8) is 0 Å². The highest BCUT2D eigenvalue weighted by Crippen LogP contribution is 2.38. The first-order valence-electron chi connectivity index (χ1n) is 27.2. The number of aliphatic hydroxyl groups is 3. The molecule has 0 unspecified atom stereocenters. The molecule has 16 nitrogen and oxygen atoms in total. The van der Waals surface area contributed by atoms with E-state index in [4.69, 9.17) is 33.2 Å². The van der Waals surface area contributed by atoms with Crippen LogP contribution in [0.2, 0.25) is 0 Å². The van der Waals surface area contributed by atoms with Gasteiger partial charge in [0, 0.05) is 51.4 Å². The van der Waals surface area contributed by atoms with Crippen molar-refractivity contribution >= 4 is 29.2 Å². The fourth-order valence-electron chi connectivity index (χ4n) is 11.1. The molecule has 0 aromatic rings. The van der Waals surface area contributed by atoms with Crippen LogP contribution in [0.5, 0.6) is 0 Å². The van der Waals surface area contributed by atoms with Gasteiger partial charge in [-0.1, -0.05) is 58.9 Å². The summed E-state index contributed by atoms with van der Waals surface area (Å²) >= 11 is 0. The van der Waals surface area contributed by atoms with Gasteiger partial charge in [0.1, 0.15) is 36.7 Å². The van der Waals surface area contributed by atoms with Crippen LogP contribution in [0, 0.1) is 35.5 Å². The Morgan fingerprint density at radius 1 is 0.867 bits per heavy atom. The number of ketones is 3. The number of carbonyl (C=O) groups excluding carboxylic acids is 5. The molecule has 1 aliphatic carbocycles. The Kier molecular flexibility index (Phi) is 26.2. The molecule has 3 fully saturated rings. The lowest BCUT2D eigenvalue weighted by Gasteiger charge is -2.43. The third-order valence-corrected chi connectivity index (χ3v) is 15.6. The van der Waals surface area contributed by atoms with Gasteiger partial charge in [-0.05, 0) is 120 Å². The lowest BCUT2D eigenvalue weighted by atomic mass is 9.78. The molecule has 4 rings (SSSR count). The molecule has 1 saturated carbocycles. The van der Waals surface area contributed by atoms with Crippen LogP contribution >= 0.6 is 0 Å². The average molecular weight is 1070 g/mol. The van der Waals surface area contributed by atoms with E-state index in [2.05, 4.69) is 0 Å². The number of amides is 1. The molecule has 19 heteroatoms. The van der Waals surface area contributed by atoms with Gasteiger partial charge in [0.2, 0.25) is 5.79 Å². The number of fused-ring (bicyclic) bond motifs is 3. The first-order valence-corrected chi connectivity index (χ1v) is 27.2. The number of Topliss-reactive ketones (excluding diaryl/α,β-unsaturated/α-hetero) is 3. The molecule has 15 atom stereocenters. The highest BCUT2D eigenvalue weighted by Gasteiger charge is 2.53. The Labute approximate surface area is 442 Å². The van der Waals surface area contributed by atoms with Crippen LogP contribution in [0.1, 0.15) is 138 Å². The number of cyclic esters (lactones) is 1. The summed E-state index contributed by atoms with van der Waals surface area (Å²) in [7, 11) is 2.95. The molecule has 428 valence electrons. The van der Waals surface area contributed by atoms with Crippen LogP contribution in [-0.2, 0) is 57.1 Å². The molecule has 4 aliphatic rings. The van der Waals surface area contributed by atoms with Crippen molar-refractivity contribution < 1.29 is 85.6 Å². The standard InChI is InChI=1S/C56H88F3NO15/c1-34-15-11-10-12-16-35(2)46(73-26-25-71-33-55(57,58)59)31-42-20-18-40(7)56(68,75-42)52(65)53(66)60-22-14-13-17-43(60)54(67)74-47(37(4)29-41-19-21-45(72-24-23-61)48(30-41)69-8)32-44(62)36(3)28-39(6)50(64)51(70-9)49(63)38(5)27-34/h11,15-16,28,34,36-38,40-43,45-48,50-51,61,64,68H,10,12-14,17-27,29-33H2,1-9H3/b15-11+,35-16?,39-28+/t34-,36-,37-,38-,40-,41+,42+,43+,45-,46-,47+,48-,50-,51+,56-/m1/s1. The van der Waals surface area contributed by atoms with Crippen molar-refractivity contribution in [2.45, 2.75) is 199 Å². The Morgan fingerprint density at radius 3 is 2.28 bits per heavy atom. The number of aliphatic hydroxyl groups excluding tert-OH is 2. The molecular formula is C56H88F3NO15. The summed E-state index contributed by atoms with van der Waals surface area (Å²) in [5.74, 6) is -8.82. The molecule has 2 bridgehead atoms. The molecule has 3 N–H and O–H groups in total. The second kappa shape index (κ2) is 30.7. The van der Waals surface area contributed by atoms with Gasteiger partial charge in [-0.15, -0.1) is 0 Å². The highest BCUT2D eigenvalue weighted by molar-refractivity contribution is 6.39. The zero-order valence-electron chi connectivity index (χ0n) is 45.9. The number of rotatable bonds is 13. The van der Waals surface area contributed by atoms with Gasteiger partial charge in [0.15, 0.2) is 5.78 Å². The normalized spacial score (nSPS) is 36.0. The second-order valence-electron chi connectivity index (χ2n) is 21.7. The number of nitrogens with zero attached hydrogens (tertiary/aromatic N) is 1. The van der Waals surface area contributed by atoms with E-state index in [-0.39, 0.29) is 100 Å². The molecule has 75 heavy (non-hydrogen) atoms. The van der Waals surface area contributed by atoms with E-state index < -0.39 is 90.5 Å². The van der Waals surface area contributed by atoms with Crippen molar-refractivity contribution in [2.75, 3.05) is 53.8 Å². The molecule has 1 amide bonds. The lowest BCUT2D eigenvalue weighted by molar-refractivity contribution is -0.266. The molecule has 0 radical (unpaired) electrons. The number of allylic oxidation sites excluding steroid dienone is 4. The maximum absolute atomic E-state index is 14.5. The largest absolute Gasteiger partial charge is 0.460 e. The number of ether oxygens (including phenoxy) is 7. The number of hydrogen-bond donors (Lipinski definition) is 3. The van der Waals surface area contributed by atoms with E-state index in [1.807, 2.05) is 39.0 Å². The SMILES string of the molecule is CO[C@@H]1C[C@H](C[C@@H](C)[C@@H]2CC(=O)[C@H](C)/C=C(\C)[C@@H](O)[C@@H](OC)C(=O)[C@H](C)C[C@H](C)/C=C/CCC=C(C)[C@H](OCCOCC(F)(F)F)C[C@@H]3CC[C@@H](C)[C@@](O)(O3)C(=O)C(=O)N3CCCC[C@H]3C(=O)O2)CC[C@H]1OCCO. The minimum absolute atomic E-state index is 0.00890. The first-order chi connectivity index (χ1) is 35.4. The van der Waals surface area contributed by atoms with E-state index in [1.54, 1.807) is 40.9 Å². The van der Waals surface area contributed by atoms with E-state index in [9.17, 15) is 52.5 Å². The topological polar surface area (TPSA) is 214 Å². The zero-order valence-corrected chi connectivity index (χ0v) is 45.9. The van der Waals surface area contributed by atoms with Crippen LogP contribution in [-0.4, -0.2) is 164 Å². The Balaban J connectivity index is 1.70. The Bertz CT molecular complexity index is 1940. The number of carbonyl (C=O) groups is 5. The average Bonchev–Trinajstić information content (AvgIpc) is 3.37. The summed E-state index contributed by atoms with van der Waals surface area (Å²) in [6, 6.07) is -1.23. The third-order valence-electron chi connectivity index (χ3n) is 15.6. The third kappa shape index (κ3) is 19.2. The summed E-state index contributed by atoms with van der Waals surface area (Å²) in [5, 5.41) is 33.0. The summed E-state index contributed by atoms with van der Waals surface area (Å²) < 4.78 is 79.1. The number of esters is 1. The molecule has 3 heterocycles. The smallest absolute Gasteiger partial charge is 0.411 e. The zero-order chi connectivity index (χ0) is 55.6. The molecule has 3 aliphatic heterocycles. The molecule has 2 saturated heterocycles. The fraction of sp³-hybridized carbons (Fsp3) is 0.804. The van der Waals surface area contributed by atoms with E-state index in [0.29, 0.717) is 63.4 Å². The predicted molar refractivity (Wildman–Crippen MR) is 272 cm³/mol. The van der Waals surface area contributed by atoms with Crippen molar-refractivity contribution in [1.82, 2.24) is 4.90 Å². The number of methoxy groups -OCH3 is 2. The van der Waals surface area contributed by atoms with Gasteiger partial charge in [-0.3, -0.25) is 19.2 Å². The van der Waals surface area contributed by atoms with Crippen LogP contribution in [0.25, 0.3) is 0 Å². The Morgan fingerprint density at radius 2 is 1.60 bits per heavy atom. The van der Waals surface area contributed by atoms with Crippen molar-refractivity contribution in [3.8, 4) is 0 Å². The summed E-state index contributed by atoms with van der Waals surface area (Å²) in [6.45, 7) is 10.4. The number of hydrogen-bond acceptors (Lipinski definition) is 15. The minimum Gasteiger partial charge on any atom is -0.460 e. The quantitative estimate of drug-likeness (QED) is 0.0711. The monoisotopic (exact) mass is 1070 g/mol. The summed E-state index contributed by atoms with van der Waals surface area (Å²) in [4.78, 5) is 72.6. The molecule has 0 spiro atoms. The van der Waals surface area contributed by atoms with Gasteiger partial charge < -0.3 is 53.4 Å². The Hall–Kier alpha value is -3.40. The van der Waals surface area contributed by atoms with Gasteiger partial charge >= 0.3 is 12.1 Å². The summed E-state index contributed by atoms with van der Waals surface area (Å²) in [5.41, 5.74) is 1.08. The first kappa shape index (κ1) is 64.1. The molecular weight excluding hydrogens is 984 g/mol. The van der Waals surface area contributed by atoms with Crippen molar-refractivity contribution in [1.29, 1.82) is 0 Å². The fourth-order valence-corrected chi connectivity index (χ4v) is 11.1. The van der Waals surface area contributed by atoms with E-state index >= 15 is 0 Å². The van der Waals surface area contributed by atoms with Crippen molar-refractivity contribution in [2.24, 2.45) is 35.5 Å². The minimum atomic E-state index is -4.52. The predicted octanol–water partition coefficient (Wildman–Crippen LogP) is 7.37. The second-order valence-corrected chi connectivity index (χ2v) is 21.7. The summed E-state index contributed by atoms with van der Waals surface area (Å²) in [6.07, 6.45) is 3.25. The van der Waals surface area contributed by atoms with Gasteiger partial charge in [0.05, 0.1) is 50.8 Å². The van der Waals surface area contributed by atoms with Gasteiger partial charge in [-0.25, -0.2) is 4.79 Å². The maximum Gasteiger partial charge on any atom is 0.411 e. The number of alkyl halides is 3. The van der Waals surface area contributed by atoms with Crippen LogP contribution in [0.15, 0.2) is 35.5 Å². The lowest BCUT2D eigenvalue weighted by Crippen LogP contribution is -2.61. The van der Waals surface area contributed by atoms with Crippen LogP contribution in [0.3, 0.4) is 0 Å². The highest BCUT2D eigenvalue weighted by atomic mass is 19.4. The van der Waals surface area contributed by atoms with Crippen LogP contribution < -0.4 is 0 Å². The number of halogens is 3. The molecule has 0 aromatic carbocycles. The van der Waals surface area contributed by atoms with E-state index in [0.717, 1.165) is 16.9 Å². The molecule has 0 aromatic heterocycles. The van der Waals surface area contributed by atoms with Gasteiger partial charge in [-0.2, -0.15) is 13.2 Å². The number of piperidine rings is 1. The van der Waals surface area contributed by atoms with E-state index in [1.165, 1.54) is 7.11 Å². The van der Waals surface area contributed by atoms with Crippen LogP contribution in [0.4, 0.5) is 13.2 Å². The van der Waals surface area contributed by atoms with Gasteiger partial charge in [0.25, 0.3) is 11.7 Å². The maximum atomic E-state index is 14.5. The van der Waals surface area contributed by atoms with Crippen molar-refractivity contribution in [3.05, 3.63) is 35.5 Å².